The Bertz CT molecular complexity index is 966. The van der Waals surface area contributed by atoms with Crippen LogP contribution in [0.1, 0.15) is 24.1 Å². The number of aromatic nitrogens is 5. The second kappa shape index (κ2) is 7.36. The number of nitrogens with zero attached hydrogens (tertiary/aromatic N) is 4. The molecule has 0 radical (unpaired) electrons. The Balaban J connectivity index is 1.44. The fourth-order valence-corrected chi connectivity index (χ4v) is 3.36. The highest BCUT2D eigenvalue weighted by atomic mass is 32.2. The molecule has 0 amide bonds. The monoisotopic (exact) mass is 381 g/mol. The molecule has 0 saturated heterocycles. The van der Waals surface area contributed by atoms with Crippen molar-refractivity contribution in [1.29, 1.82) is 0 Å². The van der Waals surface area contributed by atoms with Gasteiger partial charge in [0.05, 0.1) is 0 Å². The molecular weight excluding hydrogens is 362 g/mol. The van der Waals surface area contributed by atoms with Crippen LogP contribution in [0, 0.1) is 12.8 Å². The zero-order valence-corrected chi connectivity index (χ0v) is 15.6. The minimum absolute atomic E-state index is 0.133. The van der Waals surface area contributed by atoms with Gasteiger partial charge in [-0.05, 0) is 49.2 Å². The molecule has 0 spiro atoms. The highest BCUT2D eigenvalue weighted by Crippen LogP contribution is 2.31. The Morgan fingerprint density at radius 3 is 2.70 bits per heavy atom. The van der Waals surface area contributed by atoms with Crippen molar-refractivity contribution in [3.63, 3.8) is 0 Å². The Labute approximate surface area is 160 Å². The van der Waals surface area contributed by atoms with Gasteiger partial charge in [-0.15, -0.1) is 0 Å². The van der Waals surface area contributed by atoms with E-state index >= 15 is 0 Å². The molecule has 1 fully saturated rings. The summed E-state index contributed by atoms with van der Waals surface area (Å²) in [5, 5.41) is 10.4. The van der Waals surface area contributed by atoms with Gasteiger partial charge < -0.3 is 11.1 Å². The molecule has 0 aliphatic heterocycles. The molecule has 138 valence electrons. The summed E-state index contributed by atoms with van der Waals surface area (Å²) in [7, 11) is 0. The van der Waals surface area contributed by atoms with Crippen molar-refractivity contribution in [2.45, 2.75) is 36.2 Å². The van der Waals surface area contributed by atoms with E-state index in [-0.39, 0.29) is 11.9 Å². The van der Waals surface area contributed by atoms with Gasteiger partial charge in [0.1, 0.15) is 5.78 Å². The van der Waals surface area contributed by atoms with E-state index in [1.807, 2.05) is 37.3 Å². The largest absolute Gasteiger partial charge is 0.368 e. The molecule has 2 aromatic heterocycles. The van der Waals surface area contributed by atoms with E-state index in [1.54, 1.807) is 0 Å². The van der Waals surface area contributed by atoms with Gasteiger partial charge in [0.25, 0.3) is 0 Å². The Hall–Kier alpha value is -2.94. The van der Waals surface area contributed by atoms with Crippen molar-refractivity contribution in [1.82, 2.24) is 25.1 Å². The average Bonchev–Trinajstić information content (AvgIpc) is 3.40. The summed E-state index contributed by atoms with van der Waals surface area (Å²) in [4.78, 5) is 25.5. The Kier molecular flexibility index (Phi) is 4.76. The number of ketones is 1. The van der Waals surface area contributed by atoms with Gasteiger partial charge in [0.15, 0.2) is 11.0 Å². The Morgan fingerprint density at radius 2 is 2.04 bits per heavy atom. The number of Topliss-reactive ketones (excluding diaryl/α,β-unsaturated/α-hetero) is 1. The molecule has 27 heavy (non-hydrogen) atoms. The summed E-state index contributed by atoms with van der Waals surface area (Å²) in [6.45, 7) is 1.91. The van der Waals surface area contributed by atoms with Gasteiger partial charge in [-0.2, -0.15) is 20.1 Å². The smallest absolute Gasteiger partial charge is 0.234 e. The fourth-order valence-electron chi connectivity index (χ4n) is 2.60. The normalized spacial score (nSPS) is 13.5. The van der Waals surface area contributed by atoms with Crippen molar-refractivity contribution < 1.29 is 4.79 Å². The van der Waals surface area contributed by atoms with E-state index < -0.39 is 0 Å². The van der Waals surface area contributed by atoms with Crippen LogP contribution in [0.5, 0.6) is 0 Å². The molecule has 1 aliphatic rings. The molecule has 4 N–H and O–H groups in total. The molecule has 1 aromatic carbocycles. The van der Waals surface area contributed by atoms with Gasteiger partial charge in [0, 0.05) is 29.0 Å². The number of nitrogens with two attached hydrogens (primary N) is 1. The predicted molar refractivity (Wildman–Crippen MR) is 103 cm³/mol. The molecular formula is C18H19N7OS. The van der Waals surface area contributed by atoms with Crippen LogP contribution in [0.25, 0.3) is 0 Å². The summed E-state index contributed by atoms with van der Waals surface area (Å²) in [6.07, 6.45) is 2.59. The summed E-state index contributed by atoms with van der Waals surface area (Å²) < 4.78 is 0. The van der Waals surface area contributed by atoms with E-state index in [4.69, 9.17) is 5.73 Å². The van der Waals surface area contributed by atoms with Crippen LogP contribution >= 0.6 is 11.8 Å². The number of aryl methyl sites for hydroxylation is 1. The number of nitrogen functional groups attached to an aromatic ring is 1. The number of anilines is 3. The second-order valence-electron chi connectivity index (χ2n) is 6.52. The molecule has 0 bridgehead atoms. The number of hydrogen-bond acceptors (Lipinski definition) is 8. The zero-order valence-electron chi connectivity index (χ0n) is 14.8. The molecule has 9 heteroatoms. The number of hydrogen-bond donors (Lipinski definition) is 3. The third kappa shape index (κ3) is 4.62. The third-order valence-electron chi connectivity index (χ3n) is 4.12. The van der Waals surface area contributed by atoms with Crippen molar-refractivity contribution in [2.24, 2.45) is 5.92 Å². The van der Waals surface area contributed by atoms with Crippen molar-refractivity contribution in [2.75, 3.05) is 11.1 Å². The van der Waals surface area contributed by atoms with Crippen LogP contribution in [-0.4, -0.2) is 30.9 Å². The second-order valence-corrected chi connectivity index (χ2v) is 7.57. The number of H-pyrrole nitrogens is 1. The molecule has 1 saturated carbocycles. The zero-order chi connectivity index (χ0) is 18.8. The summed E-state index contributed by atoms with van der Waals surface area (Å²) in [5.41, 5.74) is 7.76. The number of nitrogens with one attached hydrogen (secondary N) is 2. The van der Waals surface area contributed by atoms with Crippen LogP contribution < -0.4 is 11.1 Å². The van der Waals surface area contributed by atoms with E-state index in [9.17, 15) is 4.79 Å². The number of benzene rings is 1. The average molecular weight is 381 g/mol. The lowest BCUT2D eigenvalue weighted by Crippen LogP contribution is -2.05. The highest BCUT2D eigenvalue weighted by molar-refractivity contribution is 7.99. The molecule has 4 rings (SSSR count). The van der Waals surface area contributed by atoms with Gasteiger partial charge in [-0.1, -0.05) is 12.1 Å². The third-order valence-corrected chi connectivity index (χ3v) is 4.99. The molecule has 2 heterocycles. The number of carbonyl (C=O) groups is 1. The maximum atomic E-state index is 11.9. The van der Waals surface area contributed by atoms with Crippen molar-refractivity contribution in [3.8, 4) is 0 Å². The van der Waals surface area contributed by atoms with Crippen LogP contribution in [0.4, 0.5) is 17.7 Å². The lowest BCUT2D eigenvalue weighted by molar-refractivity contribution is -0.119. The standard InChI is InChI=1S/C18H19N7OS/c1-10-8-15(25-24-10)20-17-21-16(19)22-18(23-17)27-13-6-2-11(3-7-13)9-14(26)12-4-5-12/h2-3,6-8,12H,4-5,9H2,1H3,(H4,19,20,21,22,23,24,25). The maximum absolute atomic E-state index is 11.9. The van der Waals surface area contributed by atoms with E-state index in [0.29, 0.717) is 29.1 Å². The molecule has 3 aromatic rings. The van der Waals surface area contributed by atoms with Crippen LogP contribution in [0.15, 0.2) is 40.4 Å². The molecule has 8 nitrogen and oxygen atoms in total. The first kappa shape index (κ1) is 17.5. The molecule has 0 atom stereocenters. The van der Waals surface area contributed by atoms with Gasteiger partial charge in [0.2, 0.25) is 11.9 Å². The van der Waals surface area contributed by atoms with E-state index in [1.165, 1.54) is 11.8 Å². The van der Waals surface area contributed by atoms with E-state index in [2.05, 4.69) is 30.5 Å². The van der Waals surface area contributed by atoms with Gasteiger partial charge in [-0.25, -0.2) is 0 Å². The minimum atomic E-state index is 0.133. The lowest BCUT2D eigenvalue weighted by atomic mass is 10.1. The topological polar surface area (TPSA) is 122 Å². The summed E-state index contributed by atoms with van der Waals surface area (Å²) in [5.74, 6) is 1.71. The molecule has 1 aliphatic carbocycles. The lowest BCUT2D eigenvalue weighted by Gasteiger charge is -2.06. The number of aromatic amines is 1. The SMILES string of the molecule is Cc1cc(Nc2nc(N)nc(Sc3ccc(CC(=O)C4CC4)cc3)n2)n[nH]1. The number of carbonyl (C=O) groups excluding carboxylic acids is 1. The quantitative estimate of drug-likeness (QED) is 0.571. The Morgan fingerprint density at radius 1 is 1.26 bits per heavy atom. The predicted octanol–water partition coefficient (Wildman–Crippen LogP) is 2.90. The van der Waals surface area contributed by atoms with Gasteiger partial charge >= 0.3 is 0 Å². The molecule has 0 unspecified atom stereocenters. The fraction of sp³-hybridized carbons (Fsp3) is 0.278. The number of rotatable bonds is 7. The summed E-state index contributed by atoms with van der Waals surface area (Å²) >= 11 is 1.38. The first-order chi connectivity index (χ1) is 13.0. The van der Waals surface area contributed by atoms with E-state index in [0.717, 1.165) is 29.0 Å². The first-order valence-electron chi connectivity index (χ1n) is 8.65. The summed E-state index contributed by atoms with van der Waals surface area (Å²) in [6, 6.07) is 9.71. The minimum Gasteiger partial charge on any atom is -0.368 e. The van der Waals surface area contributed by atoms with Gasteiger partial charge in [-0.3, -0.25) is 9.89 Å². The van der Waals surface area contributed by atoms with Crippen LogP contribution in [0.2, 0.25) is 0 Å². The van der Waals surface area contributed by atoms with Crippen LogP contribution in [-0.2, 0) is 11.2 Å². The van der Waals surface area contributed by atoms with Crippen molar-refractivity contribution >= 4 is 35.3 Å². The van der Waals surface area contributed by atoms with Crippen molar-refractivity contribution in [3.05, 3.63) is 41.6 Å². The maximum Gasteiger partial charge on any atom is 0.234 e. The van der Waals surface area contributed by atoms with Crippen LogP contribution in [0.3, 0.4) is 0 Å². The first-order valence-corrected chi connectivity index (χ1v) is 9.47. The highest BCUT2D eigenvalue weighted by Gasteiger charge is 2.28.